The molecule has 0 rings (SSSR count). The molecule has 0 fully saturated rings. The Morgan fingerprint density at radius 3 is 2.50 bits per heavy atom. The summed E-state index contributed by atoms with van der Waals surface area (Å²) in [5, 5.41) is 0. The van der Waals surface area contributed by atoms with E-state index in [9.17, 15) is 0 Å². The minimum Gasteiger partial charge on any atom is -0.328 e. The monoisotopic (exact) mass is 139 g/mol. The van der Waals surface area contributed by atoms with E-state index >= 15 is 0 Å². The van der Waals surface area contributed by atoms with Crippen molar-refractivity contribution in [1.82, 2.24) is 0 Å². The fraction of sp³-hybridized carbons (Fsp3) is 0.778. The Hall–Kier alpha value is -0.480. The molecule has 10 heavy (non-hydrogen) atoms. The van der Waals surface area contributed by atoms with Crippen LogP contribution in [0.4, 0.5) is 0 Å². The molecule has 1 nitrogen and oxygen atoms in total. The maximum atomic E-state index is 5.67. The van der Waals surface area contributed by atoms with Gasteiger partial charge in [-0.15, -0.1) is 12.3 Å². The summed E-state index contributed by atoms with van der Waals surface area (Å²) in [5.41, 5.74) is 5.67. The largest absolute Gasteiger partial charge is 0.328 e. The second-order valence-corrected chi connectivity index (χ2v) is 2.93. The second-order valence-electron chi connectivity index (χ2n) is 2.93. The van der Waals surface area contributed by atoms with E-state index in [0.717, 1.165) is 19.3 Å². The predicted molar refractivity (Wildman–Crippen MR) is 45.5 cm³/mol. The number of unbranched alkanes of at least 4 members (excludes halogenated alkanes) is 1. The third-order valence-corrected chi connectivity index (χ3v) is 1.88. The van der Waals surface area contributed by atoms with E-state index < -0.39 is 0 Å². The van der Waals surface area contributed by atoms with Gasteiger partial charge in [0, 0.05) is 12.5 Å². The second kappa shape index (κ2) is 5.32. The molecule has 0 bridgehead atoms. The van der Waals surface area contributed by atoms with Crippen LogP contribution in [-0.4, -0.2) is 6.04 Å². The van der Waals surface area contributed by atoms with Gasteiger partial charge >= 0.3 is 0 Å². The van der Waals surface area contributed by atoms with Crippen LogP contribution in [0.2, 0.25) is 0 Å². The lowest BCUT2D eigenvalue weighted by Gasteiger charge is -2.13. The summed E-state index contributed by atoms with van der Waals surface area (Å²) in [4.78, 5) is 0. The van der Waals surface area contributed by atoms with Crippen molar-refractivity contribution in [2.24, 2.45) is 11.7 Å². The minimum absolute atomic E-state index is 0.303. The Kier molecular flexibility index (Phi) is 5.06. The van der Waals surface area contributed by atoms with Crippen LogP contribution < -0.4 is 5.73 Å². The van der Waals surface area contributed by atoms with Crippen LogP contribution in [-0.2, 0) is 0 Å². The topological polar surface area (TPSA) is 26.0 Å². The van der Waals surface area contributed by atoms with E-state index in [1.54, 1.807) is 0 Å². The molecule has 0 aliphatic carbocycles. The zero-order valence-corrected chi connectivity index (χ0v) is 6.93. The molecule has 0 aromatic rings. The average molecular weight is 139 g/mol. The maximum absolute atomic E-state index is 5.67. The first-order valence-corrected chi connectivity index (χ1v) is 3.87. The quantitative estimate of drug-likeness (QED) is 0.466. The van der Waals surface area contributed by atoms with Gasteiger partial charge in [0.1, 0.15) is 0 Å². The van der Waals surface area contributed by atoms with E-state index in [1.807, 2.05) is 6.92 Å². The average Bonchev–Trinajstić information content (AvgIpc) is 1.88. The van der Waals surface area contributed by atoms with Crippen molar-refractivity contribution in [2.45, 2.75) is 39.2 Å². The summed E-state index contributed by atoms with van der Waals surface area (Å²) in [6.07, 6.45) is 8.26. The van der Waals surface area contributed by atoms with Crippen LogP contribution in [0.3, 0.4) is 0 Å². The summed E-state index contributed by atoms with van der Waals surface area (Å²) in [5.74, 6) is 3.23. The van der Waals surface area contributed by atoms with E-state index in [0.29, 0.717) is 12.0 Å². The minimum atomic E-state index is 0.303. The molecule has 0 aromatic heterocycles. The van der Waals surface area contributed by atoms with Gasteiger partial charge in [-0.3, -0.25) is 0 Å². The number of terminal acetylenes is 1. The third kappa shape index (κ3) is 4.40. The van der Waals surface area contributed by atoms with Gasteiger partial charge in [0.25, 0.3) is 0 Å². The zero-order valence-electron chi connectivity index (χ0n) is 6.93. The van der Waals surface area contributed by atoms with Crippen molar-refractivity contribution >= 4 is 0 Å². The Morgan fingerprint density at radius 1 is 1.50 bits per heavy atom. The van der Waals surface area contributed by atoms with Crippen molar-refractivity contribution in [1.29, 1.82) is 0 Å². The standard InChI is InChI=1S/C9H17N/c1-4-5-6-7-8(2)9(3)10/h1,8-9H,5-7,10H2,2-3H3. The van der Waals surface area contributed by atoms with Gasteiger partial charge in [-0.05, 0) is 25.7 Å². The molecule has 2 N–H and O–H groups in total. The van der Waals surface area contributed by atoms with Gasteiger partial charge < -0.3 is 5.73 Å². The molecule has 0 aromatic carbocycles. The van der Waals surface area contributed by atoms with E-state index in [-0.39, 0.29) is 0 Å². The molecule has 58 valence electrons. The molecule has 0 aliphatic heterocycles. The highest BCUT2D eigenvalue weighted by molar-refractivity contribution is 4.83. The summed E-state index contributed by atoms with van der Waals surface area (Å²) in [7, 11) is 0. The van der Waals surface area contributed by atoms with Crippen molar-refractivity contribution in [3.63, 3.8) is 0 Å². The Labute approximate surface area is 64.0 Å². The van der Waals surface area contributed by atoms with Crippen molar-refractivity contribution in [2.75, 3.05) is 0 Å². The maximum Gasteiger partial charge on any atom is 0.00861 e. The number of hydrogen-bond acceptors (Lipinski definition) is 1. The predicted octanol–water partition coefficient (Wildman–Crippen LogP) is 1.77. The lowest BCUT2D eigenvalue weighted by atomic mass is 9.98. The van der Waals surface area contributed by atoms with Gasteiger partial charge in [-0.1, -0.05) is 6.92 Å². The summed E-state index contributed by atoms with van der Waals surface area (Å²) < 4.78 is 0. The Bertz CT molecular complexity index is 110. The first-order valence-electron chi connectivity index (χ1n) is 3.87. The van der Waals surface area contributed by atoms with E-state index in [1.165, 1.54) is 0 Å². The van der Waals surface area contributed by atoms with Gasteiger partial charge in [0.05, 0.1) is 0 Å². The van der Waals surface area contributed by atoms with E-state index in [4.69, 9.17) is 12.2 Å². The van der Waals surface area contributed by atoms with Gasteiger partial charge in [-0.2, -0.15) is 0 Å². The first-order chi connectivity index (χ1) is 4.68. The highest BCUT2D eigenvalue weighted by Gasteiger charge is 2.05. The molecule has 0 saturated heterocycles. The smallest absolute Gasteiger partial charge is 0.00861 e. The van der Waals surface area contributed by atoms with Crippen LogP contribution in [0.1, 0.15) is 33.1 Å². The molecule has 0 heterocycles. The SMILES string of the molecule is C#CCCCC(C)C(C)N. The van der Waals surface area contributed by atoms with Crippen LogP contribution in [0.5, 0.6) is 0 Å². The number of rotatable bonds is 4. The molecule has 0 spiro atoms. The lowest BCUT2D eigenvalue weighted by Crippen LogP contribution is -2.23. The fourth-order valence-electron chi connectivity index (χ4n) is 0.789. The van der Waals surface area contributed by atoms with Crippen LogP contribution >= 0.6 is 0 Å². The van der Waals surface area contributed by atoms with Gasteiger partial charge in [0.2, 0.25) is 0 Å². The van der Waals surface area contributed by atoms with Gasteiger partial charge in [0.15, 0.2) is 0 Å². The normalized spacial score (nSPS) is 15.8. The Morgan fingerprint density at radius 2 is 2.10 bits per heavy atom. The first kappa shape index (κ1) is 9.52. The van der Waals surface area contributed by atoms with Crippen molar-refractivity contribution < 1.29 is 0 Å². The molecule has 2 unspecified atom stereocenters. The fourth-order valence-corrected chi connectivity index (χ4v) is 0.789. The molecule has 1 heteroatoms. The van der Waals surface area contributed by atoms with Crippen LogP contribution in [0.25, 0.3) is 0 Å². The van der Waals surface area contributed by atoms with Crippen LogP contribution in [0, 0.1) is 18.3 Å². The lowest BCUT2D eigenvalue weighted by molar-refractivity contribution is 0.440. The van der Waals surface area contributed by atoms with Crippen molar-refractivity contribution in [3.8, 4) is 12.3 Å². The molecule has 2 atom stereocenters. The molecule has 0 saturated carbocycles. The summed E-state index contributed by atoms with van der Waals surface area (Å²) >= 11 is 0. The summed E-state index contributed by atoms with van der Waals surface area (Å²) in [6.45, 7) is 4.21. The summed E-state index contributed by atoms with van der Waals surface area (Å²) in [6, 6.07) is 0.303. The van der Waals surface area contributed by atoms with Crippen molar-refractivity contribution in [3.05, 3.63) is 0 Å². The number of nitrogens with two attached hydrogens (primary N) is 1. The Balaban J connectivity index is 3.23. The highest BCUT2D eigenvalue weighted by Crippen LogP contribution is 2.09. The number of hydrogen-bond donors (Lipinski definition) is 1. The molecule has 0 aliphatic rings. The molecule has 0 radical (unpaired) electrons. The zero-order chi connectivity index (χ0) is 7.98. The third-order valence-electron chi connectivity index (χ3n) is 1.88. The van der Waals surface area contributed by atoms with Crippen LogP contribution in [0.15, 0.2) is 0 Å². The molecular formula is C9H17N. The highest BCUT2D eigenvalue weighted by atomic mass is 14.6. The van der Waals surface area contributed by atoms with E-state index in [2.05, 4.69) is 12.8 Å². The molecule has 0 amide bonds. The molecular weight excluding hydrogens is 122 g/mol. The van der Waals surface area contributed by atoms with Gasteiger partial charge in [-0.25, -0.2) is 0 Å².